The molecule has 0 atom stereocenters. The van der Waals surface area contributed by atoms with Crippen LogP contribution in [0, 0.1) is 12.7 Å². The van der Waals surface area contributed by atoms with E-state index >= 15 is 0 Å². The number of carbonyl (C=O) groups is 1. The summed E-state index contributed by atoms with van der Waals surface area (Å²) in [5.41, 5.74) is 1.48. The van der Waals surface area contributed by atoms with Crippen molar-refractivity contribution in [2.75, 3.05) is 20.2 Å². The first kappa shape index (κ1) is 23.6. The summed E-state index contributed by atoms with van der Waals surface area (Å²) < 4.78 is 18.1. The van der Waals surface area contributed by atoms with Gasteiger partial charge in [-0.05, 0) is 43.9 Å². The molecule has 0 amide bonds. The zero-order valence-corrected chi connectivity index (χ0v) is 17.6. The fourth-order valence-corrected chi connectivity index (χ4v) is 2.13. The van der Waals surface area contributed by atoms with Crippen LogP contribution >= 0.6 is 24.0 Å². The minimum Gasteiger partial charge on any atom is -0.469 e. The number of carbonyl (C=O) groups excluding carboxylic acids is 1. The smallest absolute Gasteiger partial charge is 0.305 e. The average molecular weight is 465 g/mol. The van der Waals surface area contributed by atoms with E-state index in [2.05, 4.69) is 20.4 Å². The Labute approximate surface area is 166 Å². The summed E-state index contributed by atoms with van der Waals surface area (Å²) in [5.74, 6) is 0.348. The van der Waals surface area contributed by atoms with Gasteiger partial charge in [-0.15, -0.1) is 24.0 Å². The molecule has 0 spiro atoms. The van der Waals surface area contributed by atoms with Gasteiger partial charge < -0.3 is 15.4 Å². The molecule has 142 valence electrons. The molecule has 0 bridgehead atoms. The van der Waals surface area contributed by atoms with Crippen molar-refractivity contribution in [1.82, 2.24) is 10.6 Å². The molecule has 1 rings (SSSR count). The largest absolute Gasteiger partial charge is 0.469 e. The van der Waals surface area contributed by atoms with Crippen molar-refractivity contribution in [3.63, 3.8) is 0 Å². The predicted molar refractivity (Wildman–Crippen MR) is 110 cm³/mol. The first-order valence-electron chi connectivity index (χ1n) is 8.40. The van der Waals surface area contributed by atoms with E-state index in [1.165, 1.54) is 13.2 Å². The van der Waals surface area contributed by atoms with Crippen molar-refractivity contribution in [3.8, 4) is 0 Å². The predicted octanol–water partition coefficient (Wildman–Crippen LogP) is 3.54. The lowest BCUT2D eigenvalue weighted by molar-refractivity contribution is -0.140. The number of ether oxygens (including phenoxy) is 1. The second kappa shape index (κ2) is 13.9. The highest BCUT2D eigenvalue weighted by molar-refractivity contribution is 14.0. The first-order valence-corrected chi connectivity index (χ1v) is 8.40. The van der Waals surface area contributed by atoms with Gasteiger partial charge in [0.15, 0.2) is 5.96 Å². The molecule has 0 radical (unpaired) electrons. The molecule has 0 heterocycles. The monoisotopic (exact) mass is 465 g/mol. The van der Waals surface area contributed by atoms with E-state index in [1.807, 2.05) is 13.0 Å². The van der Waals surface area contributed by atoms with E-state index in [0.29, 0.717) is 24.5 Å². The van der Waals surface area contributed by atoms with Crippen molar-refractivity contribution in [3.05, 3.63) is 35.1 Å². The van der Waals surface area contributed by atoms with Gasteiger partial charge in [-0.1, -0.05) is 18.6 Å². The summed E-state index contributed by atoms with van der Waals surface area (Å²) in [6, 6.07) is 5.18. The molecular weight excluding hydrogens is 436 g/mol. The molecule has 0 aliphatic carbocycles. The van der Waals surface area contributed by atoms with E-state index in [9.17, 15) is 9.18 Å². The fraction of sp³-hybridized carbons (Fsp3) is 0.556. The Kier molecular flexibility index (Phi) is 13.1. The third-order valence-corrected chi connectivity index (χ3v) is 3.58. The lowest BCUT2D eigenvalue weighted by atomic mass is 10.1. The molecule has 7 heteroatoms. The Bertz CT molecular complexity index is 553. The fourth-order valence-electron chi connectivity index (χ4n) is 2.13. The molecule has 0 unspecified atom stereocenters. The molecule has 0 aromatic heterocycles. The number of rotatable bonds is 9. The maximum atomic E-state index is 13.5. The van der Waals surface area contributed by atoms with Gasteiger partial charge in [-0.3, -0.25) is 4.79 Å². The van der Waals surface area contributed by atoms with Crippen molar-refractivity contribution < 1.29 is 13.9 Å². The van der Waals surface area contributed by atoms with Crippen LogP contribution in [0.1, 0.15) is 43.7 Å². The number of nitrogens with zero attached hydrogens (tertiary/aromatic N) is 1. The third-order valence-electron chi connectivity index (χ3n) is 3.58. The zero-order valence-electron chi connectivity index (χ0n) is 15.2. The number of aliphatic imine (C=N–C) groups is 1. The van der Waals surface area contributed by atoms with E-state index in [1.54, 1.807) is 13.0 Å². The lowest BCUT2D eigenvalue weighted by Gasteiger charge is -2.11. The molecule has 0 aliphatic rings. The highest BCUT2D eigenvalue weighted by Crippen LogP contribution is 2.10. The highest BCUT2D eigenvalue weighted by Gasteiger charge is 2.02. The van der Waals surface area contributed by atoms with E-state index in [4.69, 9.17) is 0 Å². The standard InChI is InChI=1S/C18H28FN3O2.HI/c1-4-20-18(21-11-7-5-6-8-17(23)24-3)22-13-15-10-9-14(2)16(19)12-15;/h9-10,12H,4-8,11,13H2,1-3H3,(H2,20,21,22);1H. The van der Waals surface area contributed by atoms with E-state index < -0.39 is 0 Å². The van der Waals surface area contributed by atoms with Crippen molar-refractivity contribution in [2.45, 2.75) is 46.1 Å². The number of esters is 1. The number of hydrogen-bond donors (Lipinski definition) is 2. The number of aryl methyl sites for hydroxylation is 1. The Morgan fingerprint density at radius 1 is 1.24 bits per heavy atom. The number of methoxy groups -OCH3 is 1. The van der Waals surface area contributed by atoms with Gasteiger partial charge in [0.1, 0.15) is 5.82 Å². The van der Waals surface area contributed by atoms with Crippen LogP contribution < -0.4 is 10.6 Å². The second-order valence-electron chi connectivity index (χ2n) is 5.59. The summed E-state index contributed by atoms with van der Waals surface area (Å²) in [6.07, 6.45) is 3.18. The average Bonchev–Trinajstić information content (AvgIpc) is 2.58. The summed E-state index contributed by atoms with van der Waals surface area (Å²) in [5, 5.41) is 6.42. The van der Waals surface area contributed by atoms with Crippen molar-refractivity contribution in [2.24, 2.45) is 4.99 Å². The molecule has 0 aliphatic heterocycles. The van der Waals surface area contributed by atoms with Crippen LogP contribution in [-0.4, -0.2) is 32.1 Å². The molecular formula is C18H29FIN3O2. The number of benzene rings is 1. The number of unbranched alkanes of at least 4 members (excludes halogenated alkanes) is 2. The minimum atomic E-state index is -0.203. The molecule has 5 nitrogen and oxygen atoms in total. The van der Waals surface area contributed by atoms with Crippen LogP contribution in [0.5, 0.6) is 0 Å². The third kappa shape index (κ3) is 10.3. The van der Waals surface area contributed by atoms with Crippen LogP contribution in [0.3, 0.4) is 0 Å². The highest BCUT2D eigenvalue weighted by atomic mass is 127. The quantitative estimate of drug-likeness (QED) is 0.193. The molecule has 25 heavy (non-hydrogen) atoms. The Hall–Kier alpha value is -1.38. The summed E-state index contributed by atoms with van der Waals surface area (Å²) in [7, 11) is 1.41. The normalized spacial score (nSPS) is 10.8. The van der Waals surface area contributed by atoms with Crippen molar-refractivity contribution >= 4 is 35.9 Å². The van der Waals surface area contributed by atoms with Gasteiger partial charge in [0, 0.05) is 19.5 Å². The number of hydrogen-bond acceptors (Lipinski definition) is 3. The Morgan fingerprint density at radius 3 is 2.64 bits per heavy atom. The second-order valence-corrected chi connectivity index (χ2v) is 5.59. The topological polar surface area (TPSA) is 62.7 Å². The summed E-state index contributed by atoms with van der Waals surface area (Å²) >= 11 is 0. The maximum Gasteiger partial charge on any atom is 0.305 e. The van der Waals surface area contributed by atoms with Crippen LogP contribution in [0.4, 0.5) is 4.39 Å². The Morgan fingerprint density at radius 2 is 2.00 bits per heavy atom. The van der Waals surface area contributed by atoms with Crippen LogP contribution in [0.25, 0.3) is 0 Å². The number of nitrogens with one attached hydrogen (secondary N) is 2. The molecule has 2 N–H and O–H groups in total. The lowest BCUT2D eigenvalue weighted by Crippen LogP contribution is -2.37. The van der Waals surface area contributed by atoms with Crippen LogP contribution in [-0.2, 0) is 16.1 Å². The Balaban J connectivity index is 0.00000576. The van der Waals surface area contributed by atoms with Gasteiger partial charge in [-0.25, -0.2) is 9.38 Å². The summed E-state index contributed by atoms with van der Waals surface area (Å²) in [6.45, 7) is 5.70. The van der Waals surface area contributed by atoms with E-state index in [-0.39, 0.29) is 35.8 Å². The molecule has 0 saturated heterocycles. The molecule has 1 aromatic rings. The van der Waals surface area contributed by atoms with Gasteiger partial charge in [0.05, 0.1) is 13.7 Å². The van der Waals surface area contributed by atoms with Crippen LogP contribution in [0.2, 0.25) is 0 Å². The van der Waals surface area contributed by atoms with Crippen molar-refractivity contribution in [1.29, 1.82) is 0 Å². The summed E-state index contributed by atoms with van der Waals surface area (Å²) in [4.78, 5) is 15.5. The van der Waals surface area contributed by atoms with Gasteiger partial charge >= 0.3 is 5.97 Å². The molecule has 0 fully saturated rings. The number of guanidine groups is 1. The SMILES string of the molecule is CCNC(=NCc1ccc(C)c(F)c1)NCCCCCC(=O)OC.I. The number of halogens is 2. The van der Waals surface area contributed by atoms with Gasteiger partial charge in [0.25, 0.3) is 0 Å². The van der Waals surface area contributed by atoms with Gasteiger partial charge in [0.2, 0.25) is 0 Å². The van der Waals surface area contributed by atoms with E-state index in [0.717, 1.165) is 37.9 Å². The molecule has 1 aromatic carbocycles. The minimum absolute atomic E-state index is 0. The van der Waals surface area contributed by atoms with Gasteiger partial charge in [-0.2, -0.15) is 0 Å². The first-order chi connectivity index (χ1) is 11.6. The molecule has 0 saturated carbocycles. The maximum absolute atomic E-state index is 13.5. The van der Waals surface area contributed by atoms with Crippen LogP contribution in [0.15, 0.2) is 23.2 Å². The zero-order chi connectivity index (χ0) is 17.8.